The Balaban J connectivity index is 2.20. The minimum Gasteiger partial charge on any atom is -0.374 e. The minimum absolute atomic E-state index is 0.458. The second-order valence-electron chi connectivity index (χ2n) is 6.44. The third-order valence-corrected chi connectivity index (χ3v) is 7.67. The molecule has 0 spiro atoms. The standard InChI is InChI=1S/C18H36O4Si/c1-4-20-23(21-5-2,22-6-3)15-11-7-8-14-18(19)16-17-12-9-10-13-17/h17H,4-16H2,1-3H3. The lowest BCUT2D eigenvalue weighted by atomic mass is 9.98. The van der Waals surface area contributed by atoms with E-state index in [4.69, 9.17) is 13.3 Å². The minimum atomic E-state index is -2.49. The van der Waals surface area contributed by atoms with Crippen LogP contribution in [0.2, 0.25) is 6.04 Å². The Morgan fingerprint density at radius 2 is 1.48 bits per heavy atom. The van der Waals surface area contributed by atoms with E-state index >= 15 is 0 Å². The number of unbranched alkanes of at least 4 members (excludes halogenated alkanes) is 2. The first-order chi connectivity index (χ1) is 11.2. The van der Waals surface area contributed by atoms with Gasteiger partial charge in [0.1, 0.15) is 5.78 Å². The summed E-state index contributed by atoms with van der Waals surface area (Å²) in [6.45, 7) is 7.86. The maximum absolute atomic E-state index is 12.0. The third kappa shape index (κ3) is 8.43. The molecule has 0 bridgehead atoms. The first-order valence-corrected chi connectivity index (χ1v) is 11.5. The molecule has 0 N–H and O–H groups in total. The molecule has 136 valence electrons. The molecule has 4 nitrogen and oxygen atoms in total. The van der Waals surface area contributed by atoms with E-state index in [1.807, 2.05) is 20.8 Å². The smallest absolute Gasteiger partial charge is 0.374 e. The topological polar surface area (TPSA) is 44.8 Å². The fraction of sp³-hybridized carbons (Fsp3) is 0.944. The molecule has 0 unspecified atom stereocenters. The lowest BCUT2D eigenvalue weighted by Crippen LogP contribution is -2.45. The van der Waals surface area contributed by atoms with Gasteiger partial charge in [-0.1, -0.05) is 32.1 Å². The van der Waals surface area contributed by atoms with E-state index in [1.54, 1.807) is 0 Å². The van der Waals surface area contributed by atoms with Crippen molar-refractivity contribution < 1.29 is 18.1 Å². The van der Waals surface area contributed by atoms with Crippen LogP contribution < -0.4 is 0 Å². The zero-order valence-corrected chi connectivity index (χ0v) is 16.4. The number of hydrogen-bond donors (Lipinski definition) is 0. The summed E-state index contributed by atoms with van der Waals surface area (Å²) in [5.74, 6) is 1.14. The van der Waals surface area contributed by atoms with Crippen molar-refractivity contribution in [1.82, 2.24) is 0 Å². The zero-order valence-electron chi connectivity index (χ0n) is 15.4. The van der Waals surface area contributed by atoms with Crippen LogP contribution in [0.15, 0.2) is 0 Å². The van der Waals surface area contributed by atoms with Crippen LogP contribution in [0.3, 0.4) is 0 Å². The van der Waals surface area contributed by atoms with Gasteiger partial charge in [-0.2, -0.15) is 0 Å². The van der Waals surface area contributed by atoms with E-state index in [2.05, 4.69) is 0 Å². The van der Waals surface area contributed by atoms with Gasteiger partial charge >= 0.3 is 8.80 Å². The molecule has 0 heterocycles. The van der Waals surface area contributed by atoms with Crippen molar-refractivity contribution in [3.63, 3.8) is 0 Å². The number of ketones is 1. The predicted molar refractivity (Wildman–Crippen MR) is 95.5 cm³/mol. The van der Waals surface area contributed by atoms with Crippen LogP contribution in [0.25, 0.3) is 0 Å². The van der Waals surface area contributed by atoms with Gasteiger partial charge in [0.15, 0.2) is 0 Å². The maximum Gasteiger partial charge on any atom is 0.500 e. The van der Waals surface area contributed by atoms with Crippen LogP contribution >= 0.6 is 0 Å². The van der Waals surface area contributed by atoms with Crippen LogP contribution in [0.5, 0.6) is 0 Å². The molecule has 23 heavy (non-hydrogen) atoms. The third-order valence-electron chi connectivity index (χ3n) is 4.52. The molecule has 0 atom stereocenters. The molecule has 0 saturated heterocycles. The highest BCUT2D eigenvalue weighted by Gasteiger charge is 2.39. The zero-order chi connectivity index (χ0) is 17.0. The lowest BCUT2D eigenvalue weighted by Gasteiger charge is -2.28. The van der Waals surface area contributed by atoms with Gasteiger partial charge in [-0.25, -0.2) is 0 Å². The molecule has 0 amide bonds. The molecular weight excluding hydrogens is 308 g/mol. The van der Waals surface area contributed by atoms with Gasteiger partial charge in [-0.05, 0) is 39.5 Å². The Morgan fingerprint density at radius 1 is 0.913 bits per heavy atom. The van der Waals surface area contributed by atoms with E-state index in [9.17, 15) is 4.79 Å². The number of Topliss-reactive ketones (excluding diaryl/α,β-unsaturated/α-hetero) is 1. The first kappa shape index (κ1) is 20.8. The second-order valence-corrected chi connectivity index (χ2v) is 9.17. The molecule has 0 aliphatic heterocycles. The van der Waals surface area contributed by atoms with Gasteiger partial charge in [-0.3, -0.25) is 4.79 Å². The summed E-state index contributed by atoms with van der Waals surface area (Å²) < 4.78 is 17.6. The number of rotatable bonds is 14. The van der Waals surface area contributed by atoms with Crippen LogP contribution in [0.1, 0.15) is 78.6 Å². The fourth-order valence-corrected chi connectivity index (χ4v) is 6.17. The SMILES string of the molecule is CCO[Si](CCCCCC(=O)CC1CCCC1)(OCC)OCC. The molecule has 0 aromatic carbocycles. The molecule has 0 aromatic rings. The van der Waals surface area contributed by atoms with Crippen molar-refractivity contribution in [1.29, 1.82) is 0 Å². The molecule has 1 saturated carbocycles. The molecule has 1 aliphatic rings. The van der Waals surface area contributed by atoms with E-state index in [1.165, 1.54) is 25.7 Å². The highest BCUT2D eigenvalue weighted by atomic mass is 28.4. The monoisotopic (exact) mass is 344 g/mol. The fourth-order valence-electron chi connectivity index (χ4n) is 3.48. The average molecular weight is 345 g/mol. The number of hydrogen-bond acceptors (Lipinski definition) is 4. The number of carbonyl (C=O) groups is 1. The van der Waals surface area contributed by atoms with Crippen molar-refractivity contribution in [2.45, 2.75) is 84.6 Å². The quantitative estimate of drug-likeness (QED) is 0.337. The highest BCUT2D eigenvalue weighted by Crippen LogP contribution is 2.28. The molecule has 1 aliphatic carbocycles. The Morgan fingerprint density at radius 3 is 2.00 bits per heavy atom. The van der Waals surface area contributed by atoms with Gasteiger partial charge in [-0.15, -0.1) is 0 Å². The lowest BCUT2D eigenvalue weighted by molar-refractivity contribution is -0.120. The summed E-state index contributed by atoms with van der Waals surface area (Å²) in [6.07, 6.45) is 9.77. The summed E-state index contributed by atoms with van der Waals surface area (Å²) in [5, 5.41) is 0. The Hall–Kier alpha value is -0.233. The van der Waals surface area contributed by atoms with Crippen LogP contribution in [-0.4, -0.2) is 34.4 Å². The van der Waals surface area contributed by atoms with E-state index in [0.717, 1.165) is 38.1 Å². The largest absolute Gasteiger partial charge is 0.500 e. The van der Waals surface area contributed by atoms with Gasteiger partial charge in [0.05, 0.1) is 0 Å². The van der Waals surface area contributed by atoms with Crippen LogP contribution in [0.4, 0.5) is 0 Å². The summed E-state index contributed by atoms with van der Waals surface area (Å²) in [6, 6.07) is 0.860. The normalized spacial score (nSPS) is 16.1. The van der Waals surface area contributed by atoms with E-state index < -0.39 is 8.80 Å². The van der Waals surface area contributed by atoms with Crippen molar-refractivity contribution >= 4 is 14.6 Å². The molecule has 0 radical (unpaired) electrons. The van der Waals surface area contributed by atoms with E-state index in [0.29, 0.717) is 31.5 Å². The first-order valence-electron chi connectivity index (χ1n) is 9.59. The molecule has 5 heteroatoms. The Kier molecular flexibility index (Phi) is 11.0. The molecule has 1 rings (SSSR count). The van der Waals surface area contributed by atoms with Crippen molar-refractivity contribution in [3.8, 4) is 0 Å². The van der Waals surface area contributed by atoms with Gasteiger partial charge in [0.2, 0.25) is 0 Å². The molecule has 1 fully saturated rings. The Bertz CT molecular complexity index is 299. The summed E-state index contributed by atoms with van der Waals surface area (Å²) in [4.78, 5) is 12.0. The summed E-state index contributed by atoms with van der Waals surface area (Å²) >= 11 is 0. The number of carbonyl (C=O) groups excluding carboxylic acids is 1. The second kappa shape index (κ2) is 12.2. The van der Waals surface area contributed by atoms with Gasteiger partial charge in [0, 0.05) is 38.7 Å². The van der Waals surface area contributed by atoms with Gasteiger partial charge < -0.3 is 13.3 Å². The van der Waals surface area contributed by atoms with Crippen molar-refractivity contribution in [2.75, 3.05) is 19.8 Å². The maximum atomic E-state index is 12.0. The van der Waals surface area contributed by atoms with Gasteiger partial charge in [0.25, 0.3) is 0 Å². The summed E-state index contributed by atoms with van der Waals surface area (Å²) in [5.41, 5.74) is 0. The van der Waals surface area contributed by atoms with Crippen LogP contribution in [0, 0.1) is 5.92 Å². The molecular formula is C18H36O4Si. The van der Waals surface area contributed by atoms with Crippen LogP contribution in [-0.2, 0) is 18.1 Å². The predicted octanol–water partition coefficient (Wildman–Crippen LogP) is 4.74. The van der Waals surface area contributed by atoms with Crippen molar-refractivity contribution in [3.05, 3.63) is 0 Å². The molecule has 0 aromatic heterocycles. The van der Waals surface area contributed by atoms with E-state index in [-0.39, 0.29) is 0 Å². The summed E-state index contributed by atoms with van der Waals surface area (Å²) in [7, 11) is -2.49. The average Bonchev–Trinajstić information content (AvgIpc) is 3.00. The van der Waals surface area contributed by atoms with Crippen molar-refractivity contribution in [2.24, 2.45) is 5.92 Å². The highest BCUT2D eigenvalue weighted by molar-refractivity contribution is 6.60. The Labute approximate surface area is 143 Å².